The predicted octanol–water partition coefficient (Wildman–Crippen LogP) is 4.56. The van der Waals surface area contributed by atoms with Crippen molar-refractivity contribution in [2.24, 2.45) is 0 Å². The number of amides is 1. The molecule has 0 bridgehead atoms. The number of hydrogen-bond acceptors (Lipinski definition) is 1. The van der Waals surface area contributed by atoms with Crippen LogP contribution in [-0.4, -0.2) is 29.8 Å². The number of alkyl halides is 4. The van der Waals surface area contributed by atoms with E-state index in [0.29, 0.717) is 24.0 Å². The van der Waals surface area contributed by atoms with E-state index in [9.17, 15) is 18.0 Å². The first-order valence-corrected chi connectivity index (χ1v) is 7.36. The van der Waals surface area contributed by atoms with Crippen molar-refractivity contribution in [3.8, 4) is 0 Å². The van der Waals surface area contributed by atoms with E-state index in [1.54, 1.807) is 0 Å². The number of halogens is 5. The fourth-order valence-corrected chi connectivity index (χ4v) is 2.34. The van der Waals surface area contributed by atoms with Gasteiger partial charge in [-0.15, -0.1) is 11.6 Å². The van der Waals surface area contributed by atoms with Crippen LogP contribution in [0, 0.1) is 0 Å². The lowest BCUT2D eigenvalue weighted by Crippen LogP contribution is -2.33. The molecule has 7 heteroatoms. The number of carbonyl (C=O) groups is 1. The molecule has 0 heterocycles. The molecule has 0 aliphatic rings. The molecule has 0 spiro atoms. The Bertz CT molecular complexity index is 473. The number of carbonyl (C=O) groups excluding carboxylic acids is 1. The van der Waals surface area contributed by atoms with Gasteiger partial charge in [-0.3, -0.25) is 4.79 Å². The topological polar surface area (TPSA) is 20.3 Å². The molecule has 0 aliphatic carbocycles. The van der Waals surface area contributed by atoms with Crippen LogP contribution in [0.1, 0.15) is 29.3 Å². The maximum atomic E-state index is 12.7. The van der Waals surface area contributed by atoms with Crippen LogP contribution in [0.25, 0.3) is 0 Å². The highest BCUT2D eigenvalue weighted by Gasteiger charge is 2.32. The molecule has 0 aromatic heterocycles. The molecular weight excluding hydrogens is 358 g/mol. The van der Waals surface area contributed by atoms with Gasteiger partial charge in [0.1, 0.15) is 0 Å². The summed E-state index contributed by atoms with van der Waals surface area (Å²) in [5.41, 5.74) is -0.843. The first-order valence-electron chi connectivity index (χ1n) is 6.03. The average molecular weight is 373 g/mol. The average Bonchev–Trinajstić information content (AvgIpc) is 2.37. The van der Waals surface area contributed by atoms with Crippen molar-refractivity contribution in [1.82, 2.24) is 4.90 Å². The standard InChI is InChI=1S/C13H14BrClF3NO/c1-2-6-19(7-5-15)12(20)10-8-9(13(16,17)18)3-4-11(10)14/h3-4,8H,2,5-7H2,1H3. The Morgan fingerprint density at radius 1 is 1.35 bits per heavy atom. The van der Waals surface area contributed by atoms with Gasteiger partial charge in [0.2, 0.25) is 0 Å². The highest BCUT2D eigenvalue weighted by molar-refractivity contribution is 9.10. The lowest BCUT2D eigenvalue weighted by atomic mass is 10.1. The Balaban J connectivity index is 3.13. The number of rotatable bonds is 5. The summed E-state index contributed by atoms with van der Waals surface area (Å²) in [5.74, 6) is -0.215. The summed E-state index contributed by atoms with van der Waals surface area (Å²) < 4.78 is 38.4. The molecule has 1 rings (SSSR count). The summed E-state index contributed by atoms with van der Waals surface area (Å²) in [6.07, 6.45) is -3.77. The van der Waals surface area contributed by atoms with Crippen molar-refractivity contribution in [1.29, 1.82) is 0 Å². The number of hydrogen-bond donors (Lipinski definition) is 0. The summed E-state index contributed by atoms with van der Waals surface area (Å²) in [4.78, 5) is 13.7. The first kappa shape index (κ1) is 17.3. The van der Waals surface area contributed by atoms with Gasteiger partial charge in [-0.25, -0.2) is 0 Å². The molecule has 0 N–H and O–H groups in total. The molecule has 0 atom stereocenters. The molecule has 0 fully saturated rings. The van der Waals surface area contributed by atoms with Crippen LogP contribution in [0.5, 0.6) is 0 Å². The van der Waals surface area contributed by atoms with Gasteiger partial charge >= 0.3 is 6.18 Å². The molecule has 1 aromatic carbocycles. The third-order valence-corrected chi connectivity index (χ3v) is 3.52. The maximum absolute atomic E-state index is 12.7. The number of benzene rings is 1. The van der Waals surface area contributed by atoms with Gasteiger partial charge in [0.15, 0.2) is 0 Å². The minimum Gasteiger partial charge on any atom is -0.337 e. The normalized spacial score (nSPS) is 11.5. The second-order valence-corrected chi connectivity index (χ2v) is 5.41. The molecule has 20 heavy (non-hydrogen) atoms. The van der Waals surface area contributed by atoms with Crippen molar-refractivity contribution in [2.45, 2.75) is 19.5 Å². The van der Waals surface area contributed by atoms with Crippen LogP contribution >= 0.6 is 27.5 Å². The van der Waals surface area contributed by atoms with Crippen molar-refractivity contribution >= 4 is 33.4 Å². The molecule has 1 amide bonds. The molecular formula is C13H14BrClF3NO. The summed E-state index contributed by atoms with van der Waals surface area (Å²) >= 11 is 8.74. The Labute approximate surface area is 129 Å². The van der Waals surface area contributed by atoms with Crippen LogP contribution in [0.3, 0.4) is 0 Å². The first-order chi connectivity index (χ1) is 9.31. The van der Waals surface area contributed by atoms with Crippen molar-refractivity contribution in [3.63, 3.8) is 0 Å². The van der Waals surface area contributed by atoms with Crippen molar-refractivity contribution in [2.75, 3.05) is 19.0 Å². The van der Waals surface area contributed by atoms with Crippen LogP contribution in [0.15, 0.2) is 22.7 Å². The van der Waals surface area contributed by atoms with Crippen LogP contribution in [0.2, 0.25) is 0 Å². The zero-order chi connectivity index (χ0) is 15.3. The van der Waals surface area contributed by atoms with Crippen molar-refractivity contribution in [3.05, 3.63) is 33.8 Å². The largest absolute Gasteiger partial charge is 0.416 e. The lowest BCUT2D eigenvalue weighted by Gasteiger charge is -2.22. The minimum absolute atomic E-state index is 0.00149. The van der Waals surface area contributed by atoms with E-state index >= 15 is 0 Å². The lowest BCUT2D eigenvalue weighted by molar-refractivity contribution is -0.137. The molecule has 2 nitrogen and oxygen atoms in total. The highest BCUT2D eigenvalue weighted by atomic mass is 79.9. The predicted molar refractivity (Wildman–Crippen MR) is 76.1 cm³/mol. The van der Waals surface area contributed by atoms with Gasteiger partial charge in [-0.2, -0.15) is 13.2 Å². The fraction of sp³-hybridized carbons (Fsp3) is 0.462. The Morgan fingerprint density at radius 3 is 2.50 bits per heavy atom. The molecule has 0 saturated carbocycles. The third kappa shape index (κ3) is 4.38. The Morgan fingerprint density at radius 2 is 2.00 bits per heavy atom. The molecule has 0 radical (unpaired) electrons. The second-order valence-electron chi connectivity index (χ2n) is 4.17. The van der Waals surface area contributed by atoms with E-state index in [1.165, 1.54) is 11.0 Å². The molecule has 0 aliphatic heterocycles. The summed E-state index contributed by atoms with van der Waals surface area (Å²) in [5, 5.41) is 0. The van der Waals surface area contributed by atoms with Crippen LogP contribution in [-0.2, 0) is 6.18 Å². The van der Waals surface area contributed by atoms with Gasteiger partial charge in [0.25, 0.3) is 5.91 Å². The quantitative estimate of drug-likeness (QED) is 0.694. The van der Waals surface area contributed by atoms with E-state index in [2.05, 4.69) is 15.9 Å². The van der Waals surface area contributed by atoms with Gasteiger partial charge in [-0.1, -0.05) is 6.92 Å². The molecule has 1 aromatic rings. The van der Waals surface area contributed by atoms with E-state index in [-0.39, 0.29) is 11.4 Å². The van der Waals surface area contributed by atoms with E-state index in [0.717, 1.165) is 12.1 Å². The summed E-state index contributed by atoms with van der Waals surface area (Å²) in [7, 11) is 0. The van der Waals surface area contributed by atoms with E-state index in [1.807, 2.05) is 6.92 Å². The maximum Gasteiger partial charge on any atom is 0.416 e. The zero-order valence-corrected chi connectivity index (χ0v) is 13.1. The second kappa shape index (κ2) is 7.31. The Kier molecular flexibility index (Phi) is 6.33. The molecule has 0 unspecified atom stereocenters. The smallest absolute Gasteiger partial charge is 0.337 e. The van der Waals surface area contributed by atoms with Crippen LogP contribution < -0.4 is 0 Å². The SMILES string of the molecule is CCCN(CCCl)C(=O)c1cc(C(F)(F)F)ccc1Br. The third-order valence-electron chi connectivity index (χ3n) is 2.66. The van der Waals surface area contributed by atoms with Gasteiger partial charge in [0.05, 0.1) is 11.1 Å². The van der Waals surface area contributed by atoms with E-state index in [4.69, 9.17) is 11.6 Å². The number of nitrogens with zero attached hydrogens (tertiary/aromatic N) is 1. The van der Waals surface area contributed by atoms with Gasteiger partial charge in [0, 0.05) is 23.4 Å². The Hall–Kier alpha value is -0.750. The van der Waals surface area contributed by atoms with Gasteiger partial charge < -0.3 is 4.90 Å². The minimum atomic E-state index is -4.47. The summed E-state index contributed by atoms with van der Waals surface area (Å²) in [6, 6.07) is 3.04. The molecule has 0 saturated heterocycles. The summed E-state index contributed by atoms with van der Waals surface area (Å²) in [6.45, 7) is 2.64. The van der Waals surface area contributed by atoms with Gasteiger partial charge in [-0.05, 0) is 40.5 Å². The molecule has 112 valence electrons. The van der Waals surface area contributed by atoms with E-state index < -0.39 is 17.6 Å². The highest BCUT2D eigenvalue weighted by Crippen LogP contribution is 2.32. The zero-order valence-electron chi connectivity index (χ0n) is 10.8. The van der Waals surface area contributed by atoms with Crippen LogP contribution in [0.4, 0.5) is 13.2 Å². The fourth-order valence-electron chi connectivity index (χ4n) is 1.72. The van der Waals surface area contributed by atoms with Crippen molar-refractivity contribution < 1.29 is 18.0 Å². The monoisotopic (exact) mass is 371 g/mol.